The third kappa shape index (κ3) is 4.14. The lowest BCUT2D eigenvalue weighted by Gasteiger charge is -2.24. The van der Waals surface area contributed by atoms with Crippen LogP contribution in [0.4, 0.5) is 13.2 Å². The molecule has 1 aromatic heterocycles. The van der Waals surface area contributed by atoms with Crippen molar-refractivity contribution >= 4 is 17.2 Å². The van der Waals surface area contributed by atoms with Crippen molar-refractivity contribution in [2.24, 2.45) is 0 Å². The molecule has 0 aromatic carbocycles. The van der Waals surface area contributed by atoms with Crippen LogP contribution in [-0.4, -0.2) is 36.8 Å². The number of thiazole rings is 1. The van der Waals surface area contributed by atoms with E-state index in [-0.39, 0.29) is 11.6 Å². The maximum Gasteiger partial charge on any atom is 0.434 e. The number of carbonyl (C=O) groups excluding carboxylic acids is 1. The number of hydrogen-bond donors (Lipinski definition) is 1. The van der Waals surface area contributed by atoms with Gasteiger partial charge in [0, 0.05) is 5.38 Å². The number of rotatable bonds is 4. The molecule has 0 saturated carbocycles. The summed E-state index contributed by atoms with van der Waals surface area (Å²) in [7, 11) is 0. The van der Waals surface area contributed by atoms with Crippen molar-refractivity contribution in [1.29, 1.82) is 0 Å². The molecule has 21 heavy (non-hydrogen) atoms. The van der Waals surface area contributed by atoms with Gasteiger partial charge in [0.15, 0.2) is 11.8 Å². The van der Waals surface area contributed by atoms with Crippen LogP contribution >= 0.6 is 11.3 Å². The Bertz CT molecular complexity index is 486. The van der Waals surface area contributed by atoms with Crippen LogP contribution in [0.2, 0.25) is 0 Å². The SMILES string of the molecule is CC[C@@H](NC(=O)[C@@H]1COCCO1)c1nc(C(F)(F)F)cs1. The van der Waals surface area contributed by atoms with E-state index in [4.69, 9.17) is 9.47 Å². The number of nitrogens with zero attached hydrogens (tertiary/aromatic N) is 1. The van der Waals surface area contributed by atoms with E-state index in [0.717, 1.165) is 16.7 Å². The van der Waals surface area contributed by atoms with Crippen molar-refractivity contribution in [3.8, 4) is 0 Å². The zero-order valence-corrected chi connectivity index (χ0v) is 12.1. The monoisotopic (exact) mass is 324 g/mol. The molecule has 1 aliphatic heterocycles. The molecule has 1 N–H and O–H groups in total. The summed E-state index contributed by atoms with van der Waals surface area (Å²) in [5.74, 6) is -0.398. The fourth-order valence-corrected chi connectivity index (χ4v) is 2.78. The van der Waals surface area contributed by atoms with Gasteiger partial charge in [-0.3, -0.25) is 4.79 Å². The number of halogens is 3. The van der Waals surface area contributed by atoms with Crippen LogP contribution in [0.5, 0.6) is 0 Å². The lowest BCUT2D eigenvalue weighted by Crippen LogP contribution is -2.44. The Hall–Kier alpha value is -1.19. The van der Waals surface area contributed by atoms with Crippen molar-refractivity contribution in [2.45, 2.75) is 31.7 Å². The highest BCUT2D eigenvalue weighted by atomic mass is 32.1. The Morgan fingerprint density at radius 3 is 2.86 bits per heavy atom. The molecule has 0 spiro atoms. The smallest absolute Gasteiger partial charge is 0.376 e. The number of aromatic nitrogens is 1. The van der Waals surface area contributed by atoms with E-state index in [1.54, 1.807) is 6.92 Å². The minimum Gasteiger partial charge on any atom is -0.376 e. The predicted octanol–water partition coefficient (Wildman–Crippen LogP) is 2.14. The Kier molecular flexibility index (Phi) is 5.17. The van der Waals surface area contributed by atoms with Crippen molar-refractivity contribution < 1.29 is 27.4 Å². The highest BCUT2D eigenvalue weighted by Crippen LogP contribution is 2.32. The number of nitrogens with one attached hydrogen (secondary N) is 1. The van der Waals surface area contributed by atoms with E-state index in [1.807, 2.05) is 0 Å². The topological polar surface area (TPSA) is 60.5 Å². The number of ether oxygens (including phenoxy) is 2. The molecule has 5 nitrogen and oxygen atoms in total. The molecule has 2 heterocycles. The Balaban J connectivity index is 2.02. The first-order valence-corrected chi connectivity index (χ1v) is 7.32. The van der Waals surface area contributed by atoms with E-state index in [1.165, 1.54) is 0 Å². The molecule has 0 bridgehead atoms. The maximum absolute atomic E-state index is 12.5. The fraction of sp³-hybridized carbons (Fsp3) is 0.667. The molecule has 0 radical (unpaired) electrons. The van der Waals surface area contributed by atoms with E-state index >= 15 is 0 Å². The molecule has 0 unspecified atom stereocenters. The van der Waals surface area contributed by atoms with Gasteiger partial charge in [-0.25, -0.2) is 4.98 Å². The van der Waals surface area contributed by atoms with Gasteiger partial charge in [-0.2, -0.15) is 13.2 Å². The minimum absolute atomic E-state index is 0.147. The molecule has 118 valence electrons. The molecule has 2 rings (SSSR count). The number of amides is 1. The summed E-state index contributed by atoms with van der Waals surface area (Å²) >= 11 is 0.880. The van der Waals surface area contributed by atoms with Gasteiger partial charge in [0.25, 0.3) is 5.91 Å². The predicted molar refractivity (Wildman–Crippen MR) is 68.8 cm³/mol. The first-order valence-electron chi connectivity index (χ1n) is 6.44. The molecule has 2 atom stereocenters. The Labute approximate surface area is 123 Å². The number of carbonyl (C=O) groups is 1. The Morgan fingerprint density at radius 1 is 1.57 bits per heavy atom. The molecule has 0 aliphatic carbocycles. The molecule has 1 amide bonds. The number of hydrogen-bond acceptors (Lipinski definition) is 5. The highest BCUT2D eigenvalue weighted by molar-refractivity contribution is 7.09. The first kappa shape index (κ1) is 16.2. The van der Waals surface area contributed by atoms with Crippen LogP contribution in [0, 0.1) is 0 Å². The van der Waals surface area contributed by atoms with Gasteiger partial charge in [0.2, 0.25) is 0 Å². The molecular formula is C12H15F3N2O3S. The van der Waals surface area contributed by atoms with Crippen LogP contribution in [0.1, 0.15) is 30.1 Å². The van der Waals surface area contributed by atoms with E-state index < -0.39 is 29.9 Å². The summed E-state index contributed by atoms with van der Waals surface area (Å²) in [4.78, 5) is 15.5. The molecular weight excluding hydrogens is 309 g/mol. The van der Waals surface area contributed by atoms with Crippen LogP contribution in [-0.2, 0) is 20.4 Å². The van der Waals surface area contributed by atoms with E-state index in [2.05, 4.69) is 10.3 Å². The van der Waals surface area contributed by atoms with Crippen LogP contribution in [0.3, 0.4) is 0 Å². The van der Waals surface area contributed by atoms with E-state index in [0.29, 0.717) is 19.6 Å². The maximum atomic E-state index is 12.5. The van der Waals surface area contributed by atoms with E-state index in [9.17, 15) is 18.0 Å². The minimum atomic E-state index is -4.47. The fourth-order valence-electron chi connectivity index (χ4n) is 1.82. The molecule has 1 saturated heterocycles. The van der Waals surface area contributed by atoms with Gasteiger partial charge in [-0.15, -0.1) is 11.3 Å². The number of alkyl halides is 3. The first-order chi connectivity index (χ1) is 9.91. The summed E-state index contributed by atoms with van der Waals surface area (Å²) in [6.07, 6.45) is -4.77. The lowest BCUT2D eigenvalue weighted by molar-refractivity contribution is -0.148. The summed E-state index contributed by atoms with van der Waals surface area (Å²) in [6, 6.07) is -0.566. The largest absolute Gasteiger partial charge is 0.434 e. The lowest BCUT2D eigenvalue weighted by atomic mass is 10.2. The Morgan fingerprint density at radius 2 is 2.33 bits per heavy atom. The van der Waals surface area contributed by atoms with Crippen LogP contribution in [0.15, 0.2) is 5.38 Å². The highest BCUT2D eigenvalue weighted by Gasteiger charge is 2.35. The second kappa shape index (κ2) is 6.71. The molecule has 1 aromatic rings. The normalized spacial score (nSPS) is 21.0. The van der Waals surface area contributed by atoms with Crippen LogP contribution in [0.25, 0.3) is 0 Å². The molecule has 1 fully saturated rings. The zero-order chi connectivity index (χ0) is 15.5. The summed E-state index contributed by atoms with van der Waals surface area (Å²) < 4.78 is 48.0. The van der Waals surface area contributed by atoms with Crippen LogP contribution < -0.4 is 5.32 Å². The second-order valence-electron chi connectivity index (χ2n) is 4.47. The van der Waals surface area contributed by atoms with Gasteiger partial charge in [-0.05, 0) is 6.42 Å². The standard InChI is InChI=1S/C12H15F3N2O3S/c1-2-7(11-17-9(6-21-11)12(13,14)15)16-10(18)8-5-19-3-4-20-8/h6-8H,2-5H2,1H3,(H,16,18)/t7-,8+/m1/s1. The quantitative estimate of drug-likeness (QED) is 0.922. The van der Waals surface area contributed by atoms with Crippen molar-refractivity contribution in [1.82, 2.24) is 10.3 Å². The molecule has 1 aliphatic rings. The summed E-state index contributed by atoms with van der Waals surface area (Å²) in [6.45, 7) is 2.67. The van der Waals surface area contributed by atoms with Gasteiger partial charge in [-0.1, -0.05) is 6.92 Å². The van der Waals surface area contributed by atoms with Crippen molar-refractivity contribution in [2.75, 3.05) is 19.8 Å². The average molecular weight is 324 g/mol. The zero-order valence-electron chi connectivity index (χ0n) is 11.3. The van der Waals surface area contributed by atoms with Gasteiger partial charge >= 0.3 is 6.18 Å². The van der Waals surface area contributed by atoms with Gasteiger partial charge in [0.05, 0.1) is 25.9 Å². The third-order valence-corrected chi connectivity index (χ3v) is 3.90. The van der Waals surface area contributed by atoms with Crippen molar-refractivity contribution in [3.63, 3.8) is 0 Å². The molecule has 9 heteroatoms. The van der Waals surface area contributed by atoms with Crippen molar-refractivity contribution in [3.05, 3.63) is 16.1 Å². The average Bonchev–Trinajstić information content (AvgIpc) is 2.95. The second-order valence-corrected chi connectivity index (χ2v) is 5.36. The van der Waals surface area contributed by atoms with Gasteiger partial charge < -0.3 is 14.8 Å². The third-order valence-electron chi connectivity index (χ3n) is 2.94. The van der Waals surface area contributed by atoms with Gasteiger partial charge in [0.1, 0.15) is 5.01 Å². The summed E-state index contributed by atoms with van der Waals surface area (Å²) in [5, 5.41) is 3.83. The summed E-state index contributed by atoms with van der Waals surface area (Å²) in [5.41, 5.74) is -0.938.